The molecule has 1 saturated heterocycles. The quantitative estimate of drug-likeness (QED) is 0.531. The Hall–Kier alpha value is -0.180. The molecule has 1 nitrogen and oxygen atoms in total. The van der Waals surface area contributed by atoms with Crippen LogP contribution >= 0.6 is 0 Å². The van der Waals surface area contributed by atoms with Crippen molar-refractivity contribution in [2.75, 3.05) is 0 Å². The first-order chi connectivity index (χ1) is 12.1. The SMILES string of the molecule is CC.CC1CCC(C2CCC3C4CCC(C)C(F)C4OC3C2F)CC1. The van der Waals surface area contributed by atoms with Gasteiger partial charge in [0.2, 0.25) is 0 Å². The smallest absolute Gasteiger partial charge is 0.130 e. The van der Waals surface area contributed by atoms with Gasteiger partial charge in [-0.15, -0.1) is 0 Å². The Labute approximate surface area is 153 Å². The maximum absolute atomic E-state index is 15.3. The Bertz CT molecular complexity index is 420. The van der Waals surface area contributed by atoms with Crippen molar-refractivity contribution in [1.29, 1.82) is 0 Å². The van der Waals surface area contributed by atoms with Gasteiger partial charge in [-0.05, 0) is 74.0 Å². The van der Waals surface area contributed by atoms with Crippen LogP contribution in [0.4, 0.5) is 8.78 Å². The number of ether oxygens (including phenoxy) is 1. The lowest BCUT2D eigenvalue weighted by Gasteiger charge is -2.42. The molecule has 8 unspecified atom stereocenters. The summed E-state index contributed by atoms with van der Waals surface area (Å²) in [6.45, 7) is 8.29. The molecule has 146 valence electrons. The third kappa shape index (κ3) is 3.64. The molecule has 0 N–H and O–H groups in total. The van der Waals surface area contributed by atoms with Crippen molar-refractivity contribution in [3.63, 3.8) is 0 Å². The van der Waals surface area contributed by atoms with E-state index in [2.05, 4.69) is 6.92 Å². The van der Waals surface area contributed by atoms with E-state index >= 15 is 4.39 Å². The summed E-state index contributed by atoms with van der Waals surface area (Å²) < 4.78 is 35.9. The van der Waals surface area contributed by atoms with Gasteiger partial charge >= 0.3 is 0 Å². The highest BCUT2D eigenvalue weighted by atomic mass is 19.1. The van der Waals surface area contributed by atoms with Crippen molar-refractivity contribution in [2.45, 2.75) is 104 Å². The summed E-state index contributed by atoms with van der Waals surface area (Å²) in [7, 11) is 0. The van der Waals surface area contributed by atoms with E-state index < -0.39 is 12.3 Å². The fraction of sp³-hybridized carbons (Fsp3) is 1.00. The van der Waals surface area contributed by atoms with Gasteiger partial charge in [-0.1, -0.05) is 40.5 Å². The first-order valence-corrected chi connectivity index (χ1v) is 11.0. The molecule has 1 heterocycles. The van der Waals surface area contributed by atoms with Gasteiger partial charge in [-0.2, -0.15) is 0 Å². The molecule has 0 aromatic carbocycles. The molecule has 3 heteroatoms. The van der Waals surface area contributed by atoms with Gasteiger partial charge in [0.1, 0.15) is 12.3 Å². The monoisotopic (exact) mass is 356 g/mol. The molecule has 4 fully saturated rings. The zero-order valence-corrected chi connectivity index (χ0v) is 16.6. The average Bonchev–Trinajstić information content (AvgIpc) is 3.02. The molecule has 8 atom stereocenters. The van der Waals surface area contributed by atoms with Gasteiger partial charge in [-0.3, -0.25) is 0 Å². The van der Waals surface area contributed by atoms with Crippen molar-refractivity contribution in [3.05, 3.63) is 0 Å². The van der Waals surface area contributed by atoms with E-state index in [1.807, 2.05) is 20.8 Å². The second-order valence-electron chi connectivity index (χ2n) is 9.10. The minimum atomic E-state index is -0.888. The van der Waals surface area contributed by atoms with E-state index in [1.54, 1.807) is 0 Å². The highest BCUT2D eigenvalue weighted by Gasteiger charge is 2.56. The van der Waals surface area contributed by atoms with Crippen LogP contribution in [-0.4, -0.2) is 24.6 Å². The summed E-state index contributed by atoms with van der Waals surface area (Å²) >= 11 is 0. The number of rotatable bonds is 1. The summed E-state index contributed by atoms with van der Waals surface area (Å²) in [5, 5.41) is 0. The Balaban J connectivity index is 0.000000880. The fourth-order valence-corrected chi connectivity index (χ4v) is 6.19. The first kappa shape index (κ1) is 19.6. The van der Waals surface area contributed by atoms with Gasteiger partial charge < -0.3 is 4.74 Å². The average molecular weight is 357 g/mol. The van der Waals surface area contributed by atoms with Crippen LogP contribution in [0.1, 0.15) is 79.1 Å². The molecule has 0 radical (unpaired) electrons. The van der Waals surface area contributed by atoms with E-state index in [1.165, 1.54) is 25.7 Å². The number of hydrogen-bond acceptors (Lipinski definition) is 1. The predicted molar refractivity (Wildman–Crippen MR) is 99.0 cm³/mol. The molecule has 0 amide bonds. The maximum Gasteiger partial charge on any atom is 0.130 e. The standard InChI is InChI=1S/C20H32F2O.C2H6/c1-11-3-6-13(7-4-11)14-9-10-16-15-8-5-12(2)17(21)19(15)23-20(16)18(14)22;1-2/h11-20H,3-10H2,1-2H3;1-2H3. The van der Waals surface area contributed by atoms with Gasteiger partial charge in [-0.25, -0.2) is 8.78 Å². The Morgan fingerprint density at radius 3 is 1.80 bits per heavy atom. The van der Waals surface area contributed by atoms with Crippen LogP contribution < -0.4 is 0 Å². The molecular formula is C22H38F2O. The summed E-state index contributed by atoms with van der Waals surface area (Å²) in [4.78, 5) is 0. The molecule has 3 aliphatic carbocycles. The zero-order chi connectivity index (χ0) is 18.1. The number of hydrogen-bond donors (Lipinski definition) is 0. The minimum absolute atomic E-state index is 0.0742. The number of fused-ring (bicyclic) bond motifs is 3. The third-order valence-corrected chi connectivity index (χ3v) is 7.74. The van der Waals surface area contributed by atoms with Crippen LogP contribution in [-0.2, 0) is 4.74 Å². The molecular weight excluding hydrogens is 318 g/mol. The van der Waals surface area contributed by atoms with Crippen LogP contribution in [0.3, 0.4) is 0 Å². The maximum atomic E-state index is 15.3. The van der Waals surface area contributed by atoms with Crippen molar-refractivity contribution in [1.82, 2.24) is 0 Å². The van der Waals surface area contributed by atoms with Crippen LogP contribution in [0.25, 0.3) is 0 Å². The van der Waals surface area contributed by atoms with Gasteiger partial charge in [0.05, 0.1) is 12.2 Å². The normalized spacial score (nSPS) is 52.6. The molecule has 0 aromatic rings. The lowest BCUT2D eigenvalue weighted by molar-refractivity contribution is -0.0941. The van der Waals surface area contributed by atoms with Gasteiger partial charge in [0, 0.05) is 0 Å². The van der Waals surface area contributed by atoms with Crippen LogP contribution in [0, 0.1) is 35.5 Å². The summed E-state index contributed by atoms with van der Waals surface area (Å²) in [6, 6.07) is 0. The van der Waals surface area contributed by atoms with Crippen molar-refractivity contribution in [2.24, 2.45) is 35.5 Å². The summed E-state index contributed by atoms with van der Waals surface area (Å²) in [6.07, 6.45) is 6.51. The van der Waals surface area contributed by atoms with E-state index in [-0.39, 0.29) is 35.9 Å². The second kappa shape index (κ2) is 8.23. The van der Waals surface area contributed by atoms with Crippen molar-refractivity contribution >= 4 is 0 Å². The predicted octanol–water partition coefficient (Wildman–Crippen LogP) is 6.35. The molecule has 0 bridgehead atoms. The van der Waals surface area contributed by atoms with E-state index in [4.69, 9.17) is 4.74 Å². The molecule has 1 aliphatic heterocycles. The lowest BCUT2D eigenvalue weighted by atomic mass is 9.64. The topological polar surface area (TPSA) is 9.23 Å². The molecule has 0 aromatic heterocycles. The van der Waals surface area contributed by atoms with Gasteiger partial charge in [0.15, 0.2) is 0 Å². The third-order valence-electron chi connectivity index (χ3n) is 7.74. The molecule has 4 rings (SSSR count). The second-order valence-corrected chi connectivity index (χ2v) is 9.10. The van der Waals surface area contributed by atoms with Crippen LogP contribution in [0.5, 0.6) is 0 Å². The molecule has 3 saturated carbocycles. The summed E-state index contributed by atoms with van der Waals surface area (Å²) in [5.41, 5.74) is 0. The summed E-state index contributed by atoms with van der Waals surface area (Å²) in [5.74, 6) is 2.13. The van der Waals surface area contributed by atoms with Gasteiger partial charge in [0.25, 0.3) is 0 Å². The van der Waals surface area contributed by atoms with E-state index in [9.17, 15) is 4.39 Å². The van der Waals surface area contributed by atoms with Crippen molar-refractivity contribution in [3.8, 4) is 0 Å². The Kier molecular flexibility index (Phi) is 6.45. The zero-order valence-electron chi connectivity index (χ0n) is 16.6. The lowest BCUT2D eigenvalue weighted by Crippen LogP contribution is -2.43. The number of alkyl halides is 2. The molecule has 25 heavy (non-hydrogen) atoms. The highest BCUT2D eigenvalue weighted by molar-refractivity contribution is 5.04. The van der Waals surface area contributed by atoms with E-state index in [0.29, 0.717) is 5.92 Å². The van der Waals surface area contributed by atoms with Crippen LogP contribution in [0.2, 0.25) is 0 Å². The highest BCUT2D eigenvalue weighted by Crippen LogP contribution is 2.53. The number of halogens is 2. The molecule has 0 spiro atoms. The Morgan fingerprint density at radius 2 is 1.16 bits per heavy atom. The van der Waals surface area contributed by atoms with E-state index in [0.717, 1.165) is 31.6 Å². The van der Waals surface area contributed by atoms with Crippen LogP contribution in [0.15, 0.2) is 0 Å². The fourth-order valence-electron chi connectivity index (χ4n) is 6.19. The first-order valence-electron chi connectivity index (χ1n) is 11.0. The van der Waals surface area contributed by atoms with Crippen molar-refractivity contribution < 1.29 is 13.5 Å². The Morgan fingerprint density at radius 1 is 0.640 bits per heavy atom. The molecule has 4 aliphatic rings. The largest absolute Gasteiger partial charge is 0.368 e. The minimum Gasteiger partial charge on any atom is -0.368 e.